The lowest BCUT2D eigenvalue weighted by atomic mass is 10.1. The van der Waals surface area contributed by atoms with Gasteiger partial charge in [0.15, 0.2) is 0 Å². The highest BCUT2D eigenvalue weighted by Crippen LogP contribution is 2.37. The van der Waals surface area contributed by atoms with Crippen molar-refractivity contribution in [2.24, 2.45) is 5.92 Å². The number of anilines is 2. The molecule has 0 spiro atoms. The molecule has 106 valence electrons. The minimum atomic E-state index is 0.638. The van der Waals surface area contributed by atoms with Gasteiger partial charge < -0.3 is 10.6 Å². The lowest BCUT2D eigenvalue weighted by Gasteiger charge is -2.27. The second kappa shape index (κ2) is 5.24. The molecule has 2 N–H and O–H groups in total. The number of halogens is 1. The lowest BCUT2D eigenvalue weighted by Crippen LogP contribution is -2.30. The van der Waals surface area contributed by atoms with E-state index >= 15 is 0 Å². The van der Waals surface area contributed by atoms with Gasteiger partial charge in [-0.25, -0.2) is 0 Å². The van der Waals surface area contributed by atoms with Crippen LogP contribution in [0.4, 0.5) is 11.4 Å². The van der Waals surface area contributed by atoms with E-state index in [4.69, 9.17) is 5.73 Å². The summed E-state index contributed by atoms with van der Waals surface area (Å²) in [6.45, 7) is 5.60. The highest BCUT2D eigenvalue weighted by Gasteiger charge is 2.30. The van der Waals surface area contributed by atoms with Crippen LogP contribution in [-0.2, 0) is 0 Å². The Kier molecular flexibility index (Phi) is 3.59. The molecule has 1 saturated carbocycles. The van der Waals surface area contributed by atoms with Crippen LogP contribution in [0.3, 0.4) is 0 Å². The molecule has 1 aromatic heterocycles. The summed E-state index contributed by atoms with van der Waals surface area (Å²) in [5, 5.41) is 1.03. The van der Waals surface area contributed by atoms with Crippen LogP contribution in [0, 0.1) is 5.92 Å². The molecule has 1 heterocycles. The third kappa shape index (κ3) is 2.62. The number of hydrogen-bond donors (Lipinski definition) is 1. The fraction of sp³-hybridized carbons (Fsp3) is 0.438. The van der Waals surface area contributed by atoms with Gasteiger partial charge in [0.2, 0.25) is 0 Å². The Morgan fingerprint density at radius 3 is 2.80 bits per heavy atom. The third-order valence-electron chi connectivity index (χ3n) is 3.69. The summed E-state index contributed by atoms with van der Waals surface area (Å²) in [7, 11) is 0. The lowest BCUT2D eigenvalue weighted by molar-refractivity contribution is 0.608. The number of nitrogens with two attached hydrogens (primary N) is 1. The summed E-state index contributed by atoms with van der Waals surface area (Å²) in [5.74, 6) is 0.638. The van der Waals surface area contributed by atoms with Crippen LogP contribution in [0.15, 0.2) is 28.9 Å². The van der Waals surface area contributed by atoms with Gasteiger partial charge in [-0.3, -0.25) is 4.98 Å². The number of nitrogen functional groups attached to an aromatic ring is 1. The van der Waals surface area contributed by atoms with E-state index in [1.54, 1.807) is 0 Å². The van der Waals surface area contributed by atoms with Crippen molar-refractivity contribution in [3.8, 4) is 0 Å². The van der Waals surface area contributed by atoms with Crippen molar-refractivity contribution in [2.45, 2.75) is 32.7 Å². The molecule has 0 saturated heterocycles. The number of hydrogen-bond acceptors (Lipinski definition) is 3. The molecule has 20 heavy (non-hydrogen) atoms. The molecule has 0 atom stereocenters. The molecule has 0 aliphatic heterocycles. The fourth-order valence-corrected chi connectivity index (χ4v) is 2.99. The molecule has 4 heteroatoms. The van der Waals surface area contributed by atoms with Crippen LogP contribution in [-0.4, -0.2) is 17.6 Å². The zero-order valence-electron chi connectivity index (χ0n) is 11.9. The van der Waals surface area contributed by atoms with Crippen LogP contribution in [0.5, 0.6) is 0 Å². The van der Waals surface area contributed by atoms with E-state index < -0.39 is 0 Å². The normalized spacial score (nSPS) is 15.0. The molecule has 0 radical (unpaired) electrons. The quantitative estimate of drug-likeness (QED) is 0.852. The predicted molar refractivity (Wildman–Crippen MR) is 89.1 cm³/mol. The summed E-state index contributed by atoms with van der Waals surface area (Å²) in [6.07, 6.45) is 4.43. The topological polar surface area (TPSA) is 42.1 Å². The maximum Gasteiger partial charge on any atom is 0.0956 e. The first-order valence-electron chi connectivity index (χ1n) is 7.16. The Bertz CT molecular complexity index is 635. The Balaban J connectivity index is 2.12. The Labute approximate surface area is 128 Å². The smallest absolute Gasteiger partial charge is 0.0956 e. The second-order valence-electron chi connectivity index (χ2n) is 6.00. The molecule has 2 aromatic rings. The average molecular weight is 334 g/mol. The molecule has 1 aromatic carbocycles. The minimum absolute atomic E-state index is 0.638. The number of fused-ring (bicyclic) bond motifs is 1. The van der Waals surface area contributed by atoms with E-state index in [2.05, 4.69) is 51.8 Å². The first kappa shape index (κ1) is 13.7. The van der Waals surface area contributed by atoms with Crippen molar-refractivity contribution in [1.29, 1.82) is 0 Å². The van der Waals surface area contributed by atoms with Gasteiger partial charge >= 0.3 is 0 Å². The van der Waals surface area contributed by atoms with Gasteiger partial charge in [-0.1, -0.05) is 13.8 Å². The highest BCUT2D eigenvalue weighted by molar-refractivity contribution is 9.10. The first-order valence-corrected chi connectivity index (χ1v) is 7.96. The van der Waals surface area contributed by atoms with E-state index in [9.17, 15) is 0 Å². The predicted octanol–water partition coefficient (Wildman–Crippen LogP) is 4.20. The monoisotopic (exact) mass is 333 g/mol. The molecule has 3 nitrogen and oxygen atoms in total. The highest BCUT2D eigenvalue weighted by atomic mass is 79.9. The number of rotatable bonds is 4. The Morgan fingerprint density at radius 1 is 1.40 bits per heavy atom. The molecular formula is C16H20BrN3. The summed E-state index contributed by atoms with van der Waals surface area (Å²) >= 11 is 3.48. The van der Waals surface area contributed by atoms with Gasteiger partial charge in [0.05, 0.1) is 11.2 Å². The third-order valence-corrected chi connectivity index (χ3v) is 4.12. The molecule has 3 rings (SSSR count). The molecule has 0 unspecified atom stereocenters. The molecule has 1 fully saturated rings. The Morgan fingerprint density at radius 2 is 2.15 bits per heavy atom. The van der Waals surface area contributed by atoms with Gasteiger partial charge in [0.1, 0.15) is 0 Å². The summed E-state index contributed by atoms with van der Waals surface area (Å²) < 4.78 is 0.968. The van der Waals surface area contributed by atoms with Crippen LogP contribution >= 0.6 is 15.9 Å². The van der Waals surface area contributed by atoms with Crippen molar-refractivity contribution in [1.82, 2.24) is 4.98 Å². The van der Waals surface area contributed by atoms with Crippen LogP contribution < -0.4 is 10.6 Å². The van der Waals surface area contributed by atoms with Gasteiger partial charge in [-0.15, -0.1) is 0 Å². The number of aromatic nitrogens is 1. The Hall–Kier alpha value is -1.29. The molecule has 0 amide bonds. The molecule has 1 aliphatic carbocycles. The zero-order chi connectivity index (χ0) is 14.3. The van der Waals surface area contributed by atoms with Gasteiger partial charge in [0, 0.05) is 34.3 Å². The zero-order valence-corrected chi connectivity index (χ0v) is 13.5. The SMILES string of the molecule is CC(C)CN(c1ccc(N)c2cc(Br)cnc12)C1CC1. The summed E-state index contributed by atoms with van der Waals surface area (Å²) in [5.41, 5.74) is 9.13. The van der Waals surface area contributed by atoms with Crippen LogP contribution in [0.1, 0.15) is 26.7 Å². The second-order valence-corrected chi connectivity index (χ2v) is 6.92. The molecule has 1 aliphatic rings. The summed E-state index contributed by atoms with van der Waals surface area (Å²) in [6, 6.07) is 6.86. The standard InChI is InChI=1S/C16H20BrN3/c1-10(2)9-20(12-3-4-12)15-6-5-14(18)13-7-11(17)8-19-16(13)15/h5-8,10,12H,3-4,9,18H2,1-2H3. The number of pyridine rings is 1. The largest absolute Gasteiger partial charge is 0.398 e. The van der Waals surface area contributed by atoms with Gasteiger partial charge in [-0.2, -0.15) is 0 Å². The van der Waals surface area contributed by atoms with Crippen molar-refractivity contribution in [3.63, 3.8) is 0 Å². The minimum Gasteiger partial charge on any atom is -0.398 e. The fourth-order valence-electron chi connectivity index (χ4n) is 2.66. The van der Waals surface area contributed by atoms with Gasteiger partial charge in [-0.05, 0) is 52.9 Å². The van der Waals surface area contributed by atoms with E-state index in [0.29, 0.717) is 12.0 Å². The summed E-state index contributed by atoms with van der Waals surface area (Å²) in [4.78, 5) is 7.12. The average Bonchev–Trinajstić information content (AvgIpc) is 3.21. The number of benzene rings is 1. The molecule has 0 bridgehead atoms. The van der Waals surface area contributed by atoms with Crippen LogP contribution in [0.2, 0.25) is 0 Å². The van der Waals surface area contributed by atoms with Crippen molar-refractivity contribution in [3.05, 3.63) is 28.9 Å². The number of nitrogens with zero attached hydrogens (tertiary/aromatic N) is 2. The van der Waals surface area contributed by atoms with Crippen LogP contribution in [0.25, 0.3) is 10.9 Å². The van der Waals surface area contributed by atoms with E-state index in [1.807, 2.05) is 12.3 Å². The maximum absolute atomic E-state index is 6.11. The van der Waals surface area contributed by atoms with E-state index in [0.717, 1.165) is 27.6 Å². The van der Waals surface area contributed by atoms with E-state index in [-0.39, 0.29) is 0 Å². The van der Waals surface area contributed by atoms with Crippen molar-refractivity contribution in [2.75, 3.05) is 17.2 Å². The van der Waals surface area contributed by atoms with E-state index in [1.165, 1.54) is 18.5 Å². The maximum atomic E-state index is 6.11. The van der Waals surface area contributed by atoms with Crippen molar-refractivity contribution >= 4 is 38.2 Å². The first-order chi connectivity index (χ1) is 9.56. The molecular weight excluding hydrogens is 314 g/mol. The van der Waals surface area contributed by atoms with Crippen molar-refractivity contribution < 1.29 is 0 Å². The van der Waals surface area contributed by atoms with Gasteiger partial charge in [0.25, 0.3) is 0 Å².